The number of ether oxygens (including phenoxy) is 2. The summed E-state index contributed by atoms with van der Waals surface area (Å²) in [7, 11) is 0. The van der Waals surface area contributed by atoms with Crippen molar-refractivity contribution in [2.24, 2.45) is 5.41 Å². The van der Waals surface area contributed by atoms with E-state index in [4.69, 9.17) is 14.5 Å². The van der Waals surface area contributed by atoms with Crippen molar-refractivity contribution in [1.82, 2.24) is 10.3 Å². The minimum Gasteiger partial charge on any atom is -0.461 e. The predicted octanol–water partition coefficient (Wildman–Crippen LogP) is 7.87. The summed E-state index contributed by atoms with van der Waals surface area (Å²) in [6.07, 6.45) is 4.98. The first-order chi connectivity index (χ1) is 21.4. The average molecular weight is 612 g/mol. The molecule has 240 valence electrons. The second-order valence-electron chi connectivity index (χ2n) is 14.1. The summed E-state index contributed by atoms with van der Waals surface area (Å²) >= 11 is 0. The van der Waals surface area contributed by atoms with Crippen molar-refractivity contribution in [2.45, 2.75) is 105 Å². The van der Waals surface area contributed by atoms with Gasteiger partial charge in [-0.15, -0.1) is 0 Å². The number of aromatic nitrogens is 1. The van der Waals surface area contributed by atoms with Crippen LogP contribution >= 0.6 is 0 Å². The van der Waals surface area contributed by atoms with Gasteiger partial charge in [0.2, 0.25) is 0 Å². The Hall–Kier alpha value is -3.71. The zero-order chi connectivity index (χ0) is 32.4. The minimum atomic E-state index is -0.933. The van der Waals surface area contributed by atoms with Gasteiger partial charge in [-0.25, -0.2) is 4.79 Å². The highest BCUT2D eigenvalue weighted by atomic mass is 16.6. The molecule has 1 N–H and O–H groups in total. The lowest BCUT2D eigenvalue weighted by molar-refractivity contribution is -0.171. The van der Waals surface area contributed by atoms with Crippen LogP contribution in [0.3, 0.4) is 0 Å². The van der Waals surface area contributed by atoms with Crippen molar-refractivity contribution in [1.29, 1.82) is 0 Å². The molecule has 2 aliphatic rings. The van der Waals surface area contributed by atoms with Crippen LogP contribution in [-0.4, -0.2) is 41.7 Å². The number of esters is 1. The van der Waals surface area contributed by atoms with Gasteiger partial charge < -0.3 is 19.7 Å². The van der Waals surface area contributed by atoms with Gasteiger partial charge in [0.15, 0.2) is 6.10 Å². The van der Waals surface area contributed by atoms with E-state index in [1.54, 1.807) is 0 Å². The van der Waals surface area contributed by atoms with Crippen molar-refractivity contribution in [2.75, 3.05) is 18.0 Å². The van der Waals surface area contributed by atoms with Crippen molar-refractivity contribution >= 4 is 17.6 Å². The Morgan fingerprint density at radius 3 is 2.13 bits per heavy atom. The summed E-state index contributed by atoms with van der Waals surface area (Å²) in [5.41, 5.74) is 6.83. The van der Waals surface area contributed by atoms with Gasteiger partial charge in [-0.1, -0.05) is 48.9 Å². The highest BCUT2D eigenvalue weighted by Gasteiger charge is 2.42. The summed E-state index contributed by atoms with van der Waals surface area (Å²) in [6, 6.07) is 17.6. The first-order valence-corrected chi connectivity index (χ1v) is 16.4. The van der Waals surface area contributed by atoms with E-state index in [-0.39, 0.29) is 12.0 Å². The summed E-state index contributed by atoms with van der Waals surface area (Å²) < 4.78 is 12.3. The van der Waals surface area contributed by atoms with Crippen molar-refractivity contribution < 1.29 is 19.1 Å². The molecule has 1 unspecified atom stereocenters. The number of rotatable bonds is 9. The molecule has 1 saturated heterocycles. The topological polar surface area (TPSA) is 80.8 Å². The van der Waals surface area contributed by atoms with E-state index in [9.17, 15) is 9.59 Å². The number of carbonyl (C=O) groups is 2. The fraction of sp³-hybridized carbons (Fsp3) is 0.500. The van der Waals surface area contributed by atoms with E-state index in [0.29, 0.717) is 17.5 Å². The Balaban J connectivity index is 1.56. The number of nitrogens with one attached hydrogen (secondary N) is 1. The maximum atomic E-state index is 13.8. The zero-order valence-corrected chi connectivity index (χ0v) is 28.0. The van der Waals surface area contributed by atoms with Gasteiger partial charge in [-0.05, 0) is 103 Å². The molecule has 1 aliphatic heterocycles. The Bertz CT molecular complexity index is 1490. The maximum Gasteiger partial charge on any atom is 0.340 e. The first kappa shape index (κ1) is 32.7. The highest BCUT2D eigenvalue weighted by Crippen LogP contribution is 2.51. The number of anilines is 1. The Kier molecular flexibility index (Phi) is 9.68. The quantitative estimate of drug-likeness (QED) is 0.248. The smallest absolute Gasteiger partial charge is 0.340 e. The van der Waals surface area contributed by atoms with Gasteiger partial charge in [-0.2, -0.15) is 0 Å². The third kappa shape index (κ3) is 7.58. The molecule has 1 amide bonds. The van der Waals surface area contributed by atoms with Crippen LogP contribution in [0, 0.1) is 19.3 Å². The van der Waals surface area contributed by atoms with Crippen LogP contribution in [0.2, 0.25) is 0 Å². The summed E-state index contributed by atoms with van der Waals surface area (Å²) in [5.74, 6) is -0.527. The fourth-order valence-corrected chi connectivity index (χ4v) is 6.76. The van der Waals surface area contributed by atoms with Crippen LogP contribution in [-0.2, 0) is 20.8 Å². The number of hydrogen-bond acceptors (Lipinski definition) is 6. The number of piperidine rings is 1. The molecule has 3 aromatic rings. The highest BCUT2D eigenvalue weighted by molar-refractivity contribution is 5.95. The van der Waals surface area contributed by atoms with E-state index < -0.39 is 17.7 Å². The van der Waals surface area contributed by atoms with E-state index in [0.717, 1.165) is 65.3 Å². The van der Waals surface area contributed by atoms with Crippen LogP contribution in [0.4, 0.5) is 5.69 Å². The number of nitrogens with zero attached hydrogens (tertiary/aromatic N) is 2. The second-order valence-corrected chi connectivity index (χ2v) is 14.1. The molecule has 2 fully saturated rings. The van der Waals surface area contributed by atoms with Crippen LogP contribution in [0.1, 0.15) is 106 Å². The van der Waals surface area contributed by atoms with Crippen LogP contribution in [0.15, 0.2) is 54.6 Å². The Morgan fingerprint density at radius 2 is 1.58 bits per heavy atom. The van der Waals surface area contributed by atoms with Gasteiger partial charge >= 0.3 is 5.97 Å². The van der Waals surface area contributed by atoms with Crippen molar-refractivity contribution in [3.63, 3.8) is 0 Å². The molecule has 0 bridgehead atoms. The fourth-order valence-electron chi connectivity index (χ4n) is 6.76. The third-order valence-electron chi connectivity index (χ3n) is 9.16. The lowest BCUT2D eigenvalue weighted by atomic mass is 9.63. The molecule has 1 aliphatic carbocycles. The standard InChI is InChI=1S/C38H49N3O4/c1-25(2)44-36(43)34(45-37(5,6)7)32-27(4)40-26(3)31(33(32)41-22-20-38(21-23-41)18-11-19-38)29-14-16-30(17-15-29)35(42)39-24-28-12-9-8-10-13-28/h8-10,12-17,25,34H,11,18-24H2,1-7H3,(H,39,42). The SMILES string of the molecule is Cc1nc(C)c(C(OC(C)(C)C)C(=O)OC(C)C)c(N2CCC3(CCC3)CC2)c1-c1ccc(C(=O)NCc2ccccc2)cc1. The molecule has 5 rings (SSSR count). The number of benzene rings is 2. The predicted molar refractivity (Wildman–Crippen MR) is 179 cm³/mol. The Labute approximate surface area is 268 Å². The van der Waals surface area contributed by atoms with Gasteiger partial charge in [0, 0.05) is 47.7 Å². The molecule has 1 saturated carbocycles. The lowest BCUT2D eigenvalue weighted by Crippen LogP contribution is -2.44. The Morgan fingerprint density at radius 1 is 0.933 bits per heavy atom. The molecule has 7 heteroatoms. The van der Waals surface area contributed by atoms with E-state index in [2.05, 4.69) is 10.2 Å². The molecule has 1 atom stereocenters. The maximum absolute atomic E-state index is 13.8. The molecule has 2 aromatic carbocycles. The summed E-state index contributed by atoms with van der Waals surface area (Å²) in [5, 5.41) is 3.02. The monoisotopic (exact) mass is 611 g/mol. The number of carbonyl (C=O) groups excluding carboxylic acids is 2. The van der Waals surface area contributed by atoms with E-state index in [1.807, 2.05) is 103 Å². The molecule has 0 radical (unpaired) electrons. The molecule has 45 heavy (non-hydrogen) atoms. The van der Waals surface area contributed by atoms with E-state index in [1.165, 1.54) is 19.3 Å². The van der Waals surface area contributed by atoms with Gasteiger partial charge in [0.1, 0.15) is 0 Å². The van der Waals surface area contributed by atoms with Crippen LogP contribution < -0.4 is 10.2 Å². The molecule has 2 heterocycles. The molecule has 1 aromatic heterocycles. The minimum absolute atomic E-state index is 0.123. The van der Waals surface area contributed by atoms with E-state index >= 15 is 0 Å². The van der Waals surface area contributed by atoms with Crippen molar-refractivity contribution in [3.05, 3.63) is 82.7 Å². The van der Waals surface area contributed by atoms with Gasteiger partial charge in [0.25, 0.3) is 5.91 Å². The van der Waals surface area contributed by atoms with Crippen LogP contribution in [0.5, 0.6) is 0 Å². The second kappa shape index (κ2) is 13.3. The third-order valence-corrected chi connectivity index (χ3v) is 9.16. The molecular weight excluding hydrogens is 562 g/mol. The zero-order valence-electron chi connectivity index (χ0n) is 28.0. The molecule has 7 nitrogen and oxygen atoms in total. The first-order valence-electron chi connectivity index (χ1n) is 16.4. The van der Waals surface area contributed by atoms with Crippen molar-refractivity contribution in [3.8, 4) is 11.1 Å². The number of pyridine rings is 1. The van der Waals surface area contributed by atoms with Gasteiger partial charge in [0.05, 0.1) is 17.4 Å². The number of hydrogen-bond donors (Lipinski definition) is 1. The molecule has 1 spiro atoms. The number of amides is 1. The summed E-state index contributed by atoms with van der Waals surface area (Å²) in [6.45, 7) is 15.9. The molecular formula is C38H49N3O4. The lowest BCUT2D eigenvalue weighted by Gasteiger charge is -2.49. The van der Waals surface area contributed by atoms with Crippen LogP contribution in [0.25, 0.3) is 11.1 Å². The van der Waals surface area contributed by atoms with Gasteiger partial charge in [-0.3, -0.25) is 9.78 Å². The normalized spacial score (nSPS) is 16.8. The number of aryl methyl sites for hydroxylation is 2. The average Bonchev–Trinajstić information content (AvgIpc) is 2.98. The largest absolute Gasteiger partial charge is 0.461 e. The summed E-state index contributed by atoms with van der Waals surface area (Å²) in [4.78, 5) is 34.2.